The van der Waals surface area contributed by atoms with Gasteiger partial charge in [-0.1, -0.05) is 51.1 Å². The quantitative estimate of drug-likeness (QED) is 0.627. The third-order valence-corrected chi connectivity index (χ3v) is 1.76. The highest BCUT2D eigenvalue weighted by molar-refractivity contribution is 5.64. The molecular weight excluding hydrogens is 186 g/mol. The van der Waals surface area contributed by atoms with Crippen LogP contribution in [0.3, 0.4) is 0 Å². The third kappa shape index (κ3) is 3.74. The van der Waals surface area contributed by atoms with Gasteiger partial charge in [-0.2, -0.15) is 0 Å². The lowest BCUT2D eigenvalue weighted by Gasteiger charge is -1.84. The molecule has 1 aliphatic carbocycles. The van der Waals surface area contributed by atoms with Gasteiger partial charge in [0.15, 0.2) is 5.76 Å². The molecule has 0 fully saturated rings. The summed E-state index contributed by atoms with van der Waals surface area (Å²) in [5.74, 6) is 0.872. The van der Waals surface area contributed by atoms with Crippen molar-refractivity contribution >= 4 is 12.2 Å². The van der Waals surface area contributed by atoms with E-state index in [0.29, 0.717) is 0 Å². The summed E-state index contributed by atoms with van der Waals surface area (Å²) in [6.45, 7) is 9.95. The summed E-state index contributed by atoms with van der Waals surface area (Å²) >= 11 is 0. The first-order valence-electron chi connectivity index (χ1n) is 5.67. The summed E-state index contributed by atoms with van der Waals surface area (Å²) < 4.78 is 5.08. The molecule has 1 heterocycles. The molecular formula is C13H21NO. The van der Waals surface area contributed by atoms with E-state index in [-0.39, 0.29) is 0 Å². The van der Waals surface area contributed by atoms with Crippen LogP contribution >= 0.6 is 0 Å². The van der Waals surface area contributed by atoms with Crippen LogP contribution in [0.25, 0.3) is 12.2 Å². The highest BCUT2D eigenvalue weighted by Gasteiger charge is 2.07. The molecule has 2 rings (SSSR count). The van der Waals surface area contributed by atoms with E-state index in [0.717, 1.165) is 23.4 Å². The molecule has 15 heavy (non-hydrogen) atoms. The zero-order valence-corrected chi connectivity index (χ0v) is 10.4. The van der Waals surface area contributed by atoms with Gasteiger partial charge in [0.05, 0.1) is 5.69 Å². The molecule has 0 saturated carbocycles. The van der Waals surface area contributed by atoms with Crippen LogP contribution in [0.15, 0.2) is 16.7 Å². The monoisotopic (exact) mass is 207 g/mol. The molecule has 0 spiro atoms. The van der Waals surface area contributed by atoms with Gasteiger partial charge in [0.1, 0.15) is 0 Å². The second-order valence-corrected chi connectivity index (χ2v) is 2.59. The lowest BCUT2D eigenvalue weighted by atomic mass is 10.2. The summed E-state index contributed by atoms with van der Waals surface area (Å²) in [5.41, 5.74) is 2.07. The fourth-order valence-electron chi connectivity index (χ4n) is 1.16. The molecule has 0 aromatic carbocycles. The van der Waals surface area contributed by atoms with Crippen molar-refractivity contribution in [3.8, 4) is 0 Å². The minimum atomic E-state index is 0.872. The second kappa shape index (κ2) is 8.04. The predicted molar refractivity (Wildman–Crippen MR) is 66.6 cm³/mol. The summed E-state index contributed by atoms with van der Waals surface area (Å²) in [7, 11) is 0. The van der Waals surface area contributed by atoms with E-state index in [1.165, 1.54) is 0 Å². The topological polar surface area (TPSA) is 26.0 Å². The van der Waals surface area contributed by atoms with Crippen LogP contribution in [0.2, 0.25) is 0 Å². The molecule has 2 nitrogen and oxygen atoms in total. The molecule has 0 radical (unpaired) electrons. The first kappa shape index (κ1) is 13.7. The Bertz CT molecular complexity index is 321. The number of hydrogen-bond acceptors (Lipinski definition) is 2. The van der Waals surface area contributed by atoms with Crippen LogP contribution in [-0.4, -0.2) is 5.16 Å². The van der Waals surface area contributed by atoms with E-state index in [4.69, 9.17) is 4.52 Å². The Hall–Kier alpha value is -1.31. The van der Waals surface area contributed by atoms with Crippen molar-refractivity contribution in [2.75, 3.05) is 0 Å². The normalized spacial score (nSPS) is 11.5. The van der Waals surface area contributed by atoms with Crippen LogP contribution in [0.4, 0.5) is 0 Å². The second-order valence-electron chi connectivity index (χ2n) is 2.59. The first-order chi connectivity index (χ1) is 7.38. The minimum Gasteiger partial charge on any atom is -0.356 e. The fraction of sp³-hybridized carbons (Fsp3) is 0.462. The molecule has 0 amide bonds. The number of nitrogens with zero attached hydrogens (tertiary/aromatic N) is 1. The van der Waals surface area contributed by atoms with Crippen LogP contribution in [0.5, 0.6) is 0 Å². The van der Waals surface area contributed by atoms with Gasteiger partial charge >= 0.3 is 0 Å². The van der Waals surface area contributed by atoms with Gasteiger partial charge in [-0.15, -0.1) is 0 Å². The maximum Gasteiger partial charge on any atom is 0.166 e. The molecule has 0 unspecified atom stereocenters. The molecule has 0 atom stereocenters. The number of rotatable bonds is 0. The molecule has 1 aromatic heterocycles. The van der Waals surface area contributed by atoms with E-state index >= 15 is 0 Å². The van der Waals surface area contributed by atoms with Crippen molar-refractivity contribution in [1.82, 2.24) is 5.16 Å². The van der Waals surface area contributed by atoms with Crippen LogP contribution < -0.4 is 0 Å². The van der Waals surface area contributed by atoms with Gasteiger partial charge in [-0.25, -0.2) is 0 Å². The number of fused-ring (bicyclic) bond motifs is 1. The average Bonchev–Trinajstić information content (AvgIpc) is 2.56. The fourth-order valence-corrected chi connectivity index (χ4v) is 1.16. The van der Waals surface area contributed by atoms with E-state index in [1.54, 1.807) is 0 Å². The lowest BCUT2D eigenvalue weighted by Crippen LogP contribution is -1.74. The highest BCUT2D eigenvalue weighted by atomic mass is 16.5. The van der Waals surface area contributed by atoms with E-state index in [2.05, 4.69) is 23.4 Å². The zero-order valence-electron chi connectivity index (χ0n) is 10.4. The lowest BCUT2D eigenvalue weighted by molar-refractivity contribution is 0.408. The summed E-state index contributed by atoms with van der Waals surface area (Å²) in [4.78, 5) is 0. The van der Waals surface area contributed by atoms with Gasteiger partial charge in [0.25, 0.3) is 0 Å². The maximum absolute atomic E-state index is 5.08. The Kier molecular flexibility index (Phi) is 7.33. The molecule has 0 saturated heterocycles. The Balaban J connectivity index is 0.000000442. The van der Waals surface area contributed by atoms with Crippen molar-refractivity contribution in [2.24, 2.45) is 0 Å². The molecule has 1 aliphatic rings. The van der Waals surface area contributed by atoms with Crippen molar-refractivity contribution in [2.45, 2.75) is 41.0 Å². The molecule has 1 aromatic rings. The van der Waals surface area contributed by atoms with Crippen molar-refractivity contribution in [1.29, 1.82) is 0 Å². The Morgan fingerprint density at radius 3 is 2.33 bits per heavy atom. The minimum absolute atomic E-state index is 0.872. The summed E-state index contributed by atoms with van der Waals surface area (Å²) in [6.07, 6.45) is 9.17. The SMILES string of the molecule is CC.CC.Cc1noc2c1C=CCC=C2. The number of aromatic nitrogens is 1. The van der Waals surface area contributed by atoms with Crippen molar-refractivity contribution in [3.05, 3.63) is 29.2 Å². The third-order valence-electron chi connectivity index (χ3n) is 1.76. The highest BCUT2D eigenvalue weighted by Crippen LogP contribution is 2.19. The smallest absolute Gasteiger partial charge is 0.166 e. The molecule has 0 bridgehead atoms. The van der Waals surface area contributed by atoms with E-state index in [1.807, 2.05) is 40.7 Å². The Morgan fingerprint density at radius 1 is 1.07 bits per heavy atom. The van der Waals surface area contributed by atoms with Gasteiger partial charge in [0.2, 0.25) is 0 Å². The van der Waals surface area contributed by atoms with Crippen LogP contribution in [0.1, 0.15) is 51.1 Å². The molecule has 2 heteroatoms. The number of hydrogen-bond donors (Lipinski definition) is 0. The summed E-state index contributed by atoms with van der Waals surface area (Å²) in [6, 6.07) is 0. The van der Waals surface area contributed by atoms with Gasteiger partial charge in [-0.05, 0) is 19.4 Å². The zero-order chi connectivity index (χ0) is 11.7. The summed E-state index contributed by atoms with van der Waals surface area (Å²) in [5, 5.41) is 3.86. The largest absolute Gasteiger partial charge is 0.356 e. The number of allylic oxidation sites excluding steroid dienone is 2. The number of aryl methyl sites for hydroxylation is 1. The van der Waals surface area contributed by atoms with Crippen LogP contribution in [-0.2, 0) is 0 Å². The maximum atomic E-state index is 5.08. The van der Waals surface area contributed by atoms with Crippen molar-refractivity contribution < 1.29 is 4.52 Å². The van der Waals surface area contributed by atoms with Crippen molar-refractivity contribution in [3.63, 3.8) is 0 Å². The average molecular weight is 207 g/mol. The Morgan fingerprint density at radius 2 is 1.67 bits per heavy atom. The van der Waals surface area contributed by atoms with Crippen LogP contribution in [0, 0.1) is 6.92 Å². The first-order valence-corrected chi connectivity index (χ1v) is 5.67. The molecule has 0 N–H and O–H groups in total. The standard InChI is InChI=1S/C9H9NO.2C2H6/c1-7-8-5-3-2-4-6-9(8)11-10-7;2*1-2/h3-6H,2H2,1H3;2*1-2H3. The molecule has 84 valence electrons. The molecule has 0 aliphatic heterocycles. The van der Waals surface area contributed by atoms with E-state index in [9.17, 15) is 0 Å². The van der Waals surface area contributed by atoms with Gasteiger partial charge < -0.3 is 4.52 Å². The van der Waals surface area contributed by atoms with Gasteiger partial charge in [0, 0.05) is 5.56 Å². The Labute approximate surface area is 92.7 Å². The van der Waals surface area contributed by atoms with E-state index < -0.39 is 0 Å². The van der Waals surface area contributed by atoms with Gasteiger partial charge in [-0.3, -0.25) is 0 Å². The predicted octanol–water partition coefficient (Wildman–Crippen LogP) is 4.47.